The van der Waals surface area contributed by atoms with Gasteiger partial charge in [0.25, 0.3) is 0 Å². The fraction of sp³-hybridized carbons (Fsp3) is 0.619. The first-order valence-electron chi connectivity index (χ1n) is 10.4. The number of aryl methyl sites for hydroxylation is 1. The first-order valence-corrected chi connectivity index (χ1v) is 11.7. The van der Waals surface area contributed by atoms with Gasteiger partial charge >= 0.3 is 0 Å². The van der Waals surface area contributed by atoms with Gasteiger partial charge in [0.2, 0.25) is 5.95 Å². The van der Waals surface area contributed by atoms with Crippen LogP contribution in [0.2, 0.25) is 5.02 Å². The van der Waals surface area contributed by atoms with E-state index in [0.29, 0.717) is 0 Å². The Morgan fingerprint density at radius 2 is 2.00 bits per heavy atom. The van der Waals surface area contributed by atoms with E-state index in [1.165, 1.54) is 18.4 Å². The third kappa shape index (κ3) is 4.84. The van der Waals surface area contributed by atoms with Crippen molar-refractivity contribution < 1.29 is 4.74 Å². The maximum absolute atomic E-state index is 6.30. The summed E-state index contributed by atoms with van der Waals surface area (Å²) in [5, 5.41) is 11.0. The third-order valence-corrected chi connectivity index (χ3v) is 7.07. The van der Waals surface area contributed by atoms with Crippen LogP contribution in [0.15, 0.2) is 29.4 Å². The summed E-state index contributed by atoms with van der Waals surface area (Å²) in [6.45, 7) is 6.19. The average molecular weight is 421 g/mol. The molecule has 0 saturated carbocycles. The minimum atomic E-state index is 0.279. The minimum Gasteiger partial charge on any atom is -0.376 e. The lowest BCUT2D eigenvalue weighted by atomic mass is 10.00. The Morgan fingerprint density at radius 1 is 1.18 bits per heavy atom. The maximum atomic E-state index is 6.30. The molecule has 1 unspecified atom stereocenters. The molecule has 0 bridgehead atoms. The van der Waals surface area contributed by atoms with E-state index in [2.05, 4.69) is 32.7 Å². The molecule has 28 heavy (non-hydrogen) atoms. The predicted octanol–water partition coefficient (Wildman–Crippen LogP) is 4.68. The first-order chi connectivity index (χ1) is 13.7. The Kier molecular flexibility index (Phi) is 6.81. The summed E-state index contributed by atoms with van der Waals surface area (Å²) in [6.07, 6.45) is 5.93. The molecular weight excluding hydrogens is 392 g/mol. The van der Waals surface area contributed by atoms with Crippen LogP contribution in [-0.4, -0.2) is 46.3 Å². The van der Waals surface area contributed by atoms with Crippen LogP contribution in [0, 0.1) is 5.92 Å². The van der Waals surface area contributed by atoms with Gasteiger partial charge in [0.15, 0.2) is 5.16 Å². The molecule has 1 aromatic heterocycles. The lowest BCUT2D eigenvalue weighted by molar-refractivity contribution is 0.0951. The van der Waals surface area contributed by atoms with Crippen molar-refractivity contribution >= 4 is 29.3 Å². The van der Waals surface area contributed by atoms with Crippen molar-refractivity contribution in [3.63, 3.8) is 0 Å². The van der Waals surface area contributed by atoms with Gasteiger partial charge in [-0.05, 0) is 49.7 Å². The highest BCUT2D eigenvalue weighted by Crippen LogP contribution is 2.28. The summed E-state index contributed by atoms with van der Waals surface area (Å²) in [4.78, 5) is 2.40. The van der Waals surface area contributed by atoms with E-state index < -0.39 is 0 Å². The molecular formula is C21H29ClN4OS. The van der Waals surface area contributed by atoms with Gasteiger partial charge < -0.3 is 9.64 Å². The van der Waals surface area contributed by atoms with Crippen molar-refractivity contribution in [3.8, 4) is 0 Å². The summed E-state index contributed by atoms with van der Waals surface area (Å²) in [5.41, 5.74) is 1.19. The zero-order valence-electron chi connectivity index (χ0n) is 16.5. The van der Waals surface area contributed by atoms with Gasteiger partial charge in [-0.15, -0.1) is 10.2 Å². The maximum Gasteiger partial charge on any atom is 0.228 e. The van der Waals surface area contributed by atoms with Gasteiger partial charge in [-0.25, -0.2) is 0 Å². The SMILES string of the molecule is CC1CCN(c2nnc(SCCc3ccccc3Cl)n2CC2CCCO2)CC1. The van der Waals surface area contributed by atoms with Crippen molar-refractivity contribution in [1.82, 2.24) is 14.8 Å². The van der Waals surface area contributed by atoms with Gasteiger partial charge in [-0.3, -0.25) is 4.57 Å². The quantitative estimate of drug-likeness (QED) is 0.608. The molecule has 7 heteroatoms. The van der Waals surface area contributed by atoms with Crippen LogP contribution in [-0.2, 0) is 17.7 Å². The lowest BCUT2D eigenvalue weighted by Crippen LogP contribution is -2.35. The molecule has 0 amide bonds. The molecule has 152 valence electrons. The zero-order chi connectivity index (χ0) is 19.3. The monoisotopic (exact) mass is 420 g/mol. The molecule has 2 aliphatic rings. The Balaban J connectivity index is 1.46. The number of hydrogen-bond acceptors (Lipinski definition) is 5. The van der Waals surface area contributed by atoms with Crippen molar-refractivity contribution in [2.45, 2.75) is 56.8 Å². The largest absolute Gasteiger partial charge is 0.376 e. The number of ether oxygens (including phenoxy) is 1. The molecule has 1 aromatic carbocycles. The first kappa shape index (κ1) is 20.0. The van der Waals surface area contributed by atoms with Gasteiger partial charge in [-0.2, -0.15) is 0 Å². The summed E-state index contributed by atoms with van der Waals surface area (Å²) >= 11 is 8.07. The molecule has 2 aromatic rings. The molecule has 3 heterocycles. The number of aromatic nitrogens is 3. The van der Waals surface area contributed by atoms with E-state index in [1.807, 2.05) is 18.2 Å². The van der Waals surface area contributed by atoms with E-state index in [9.17, 15) is 0 Å². The van der Waals surface area contributed by atoms with Gasteiger partial charge in [0, 0.05) is 30.5 Å². The Morgan fingerprint density at radius 3 is 2.75 bits per heavy atom. The second kappa shape index (κ2) is 9.51. The third-order valence-electron chi connectivity index (χ3n) is 5.73. The molecule has 4 rings (SSSR count). The van der Waals surface area contributed by atoms with E-state index in [-0.39, 0.29) is 6.10 Å². The van der Waals surface area contributed by atoms with Crippen LogP contribution in [0.4, 0.5) is 5.95 Å². The van der Waals surface area contributed by atoms with E-state index in [0.717, 1.165) is 73.3 Å². The van der Waals surface area contributed by atoms with Crippen LogP contribution in [0.1, 0.15) is 38.2 Å². The molecule has 0 N–H and O–H groups in total. The number of piperidine rings is 1. The molecule has 0 aliphatic carbocycles. The summed E-state index contributed by atoms with van der Waals surface area (Å²) in [6, 6.07) is 8.07. The topological polar surface area (TPSA) is 43.2 Å². The van der Waals surface area contributed by atoms with Crippen molar-refractivity contribution in [2.24, 2.45) is 5.92 Å². The molecule has 2 saturated heterocycles. The standard InChI is InChI=1S/C21H29ClN4OS/c1-16-8-11-25(12-9-16)20-23-24-21(26(20)15-18-6-4-13-27-18)28-14-10-17-5-2-3-7-19(17)22/h2-3,5,7,16,18H,4,6,8-15H2,1H3. The Bertz CT molecular complexity index is 770. The van der Waals surface area contributed by atoms with E-state index in [4.69, 9.17) is 16.3 Å². The second-order valence-corrected chi connectivity index (χ2v) is 9.36. The molecule has 0 radical (unpaired) electrons. The van der Waals surface area contributed by atoms with Gasteiger partial charge in [-0.1, -0.05) is 48.5 Å². The predicted molar refractivity (Wildman–Crippen MR) is 115 cm³/mol. The summed E-state index contributed by atoms with van der Waals surface area (Å²) < 4.78 is 8.20. The lowest BCUT2D eigenvalue weighted by Gasteiger charge is -2.31. The van der Waals surface area contributed by atoms with Gasteiger partial charge in [0.05, 0.1) is 12.6 Å². The summed E-state index contributed by atoms with van der Waals surface area (Å²) in [5.74, 6) is 2.75. The van der Waals surface area contributed by atoms with Crippen LogP contribution in [0.3, 0.4) is 0 Å². The molecule has 2 aliphatic heterocycles. The van der Waals surface area contributed by atoms with Crippen LogP contribution in [0.5, 0.6) is 0 Å². The van der Waals surface area contributed by atoms with Gasteiger partial charge in [0.1, 0.15) is 0 Å². The highest BCUT2D eigenvalue weighted by molar-refractivity contribution is 7.99. The molecule has 1 atom stereocenters. The van der Waals surface area contributed by atoms with E-state index in [1.54, 1.807) is 11.8 Å². The highest BCUT2D eigenvalue weighted by atomic mass is 35.5. The van der Waals surface area contributed by atoms with E-state index >= 15 is 0 Å². The number of halogens is 1. The number of rotatable bonds is 7. The fourth-order valence-corrected chi connectivity index (χ4v) is 5.08. The molecule has 2 fully saturated rings. The van der Waals surface area contributed by atoms with Crippen molar-refractivity contribution in [3.05, 3.63) is 34.9 Å². The van der Waals surface area contributed by atoms with Crippen LogP contribution >= 0.6 is 23.4 Å². The molecule has 0 spiro atoms. The normalized spacial score (nSPS) is 20.8. The molecule has 5 nitrogen and oxygen atoms in total. The number of benzene rings is 1. The number of hydrogen-bond donors (Lipinski definition) is 0. The van der Waals surface area contributed by atoms with Crippen molar-refractivity contribution in [1.29, 1.82) is 0 Å². The smallest absolute Gasteiger partial charge is 0.228 e. The number of thioether (sulfide) groups is 1. The highest BCUT2D eigenvalue weighted by Gasteiger charge is 2.25. The van der Waals surface area contributed by atoms with Crippen LogP contribution < -0.4 is 4.90 Å². The Labute approximate surface area is 176 Å². The minimum absolute atomic E-state index is 0.279. The average Bonchev–Trinajstić information content (AvgIpc) is 3.35. The fourth-order valence-electron chi connectivity index (χ4n) is 3.94. The number of anilines is 1. The second-order valence-electron chi connectivity index (χ2n) is 7.89. The van der Waals surface area contributed by atoms with Crippen molar-refractivity contribution in [2.75, 3.05) is 30.3 Å². The number of nitrogens with zero attached hydrogens (tertiary/aromatic N) is 4. The zero-order valence-corrected chi connectivity index (χ0v) is 18.1. The Hall–Kier alpha value is -1.24. The van der Waals surface area contributed by atoms with Crippen LogP contribution in [0.25, 0.3) is 0 Å². The summed E-state index contributed by atoms with van der Waals surface area (Å²) in [7, 11) is 0.